The molecular weight excluding hydrogens is 464 g/mol. The molecule has 0 atom stereocenters. The van der Waals surface area contributed by atoms with E-state index >= 15 is 0 Å². The minimum Gasteiger partial charge on any atom is -0.475 e. The Hall–Kier alpha value is -1.01. The number of guanidine groups is 1. The zero-order chi connectivity index (χ0) is 17.3. The number of nitrogens with one attached hydrogen (secondary N) is 2. The zero-order valence-electron chi connectivity index (χ0n) is 13.1. The highest BCUT2D eigenvalue weighted by molar-refractivity contribution is 14.0. The predicted octanol–water partition coefficient (Wildman–Crippen LogP) is 2.56. The van der Waals surface area contributed by atoms with Crippen LogP contribution in [0.3, 0.4) is 0 Å². The zero-order valence-corrected chi connectivity index (χ0v) is 16.2. The molecular formula is C13H19ClF3IN4O2. The number of rotatable bonds is 7. The molecule has 0 saturated heterocycles. The molecule has 0 aromatic carbocycles. The Morgan fingerprint density at radius 3 is 2.42 bits per heavy atom. The highest BCUT2D eigenvalue weighted by Crippen LogP contribution is 2.32. The Kier molecular flexibility index (Phi) is 11.0. The van der Waals surface area contributed by atoms with Gasteiger partial charge in [-0.05, 0) is 6.07 Å². The molecule has 1 aromatic rings. The molecule has 0 amide bonds. The molecule has 0 bridgehead atoms. The summed E-state index contributed by atoms with van der Waals surface area (Å²) in [7, 11) is 3.20. The van der Waals surface area contributed by atoms with Crippen molar-refractivity contribution in [2.75, 3.05) is 40.5 Å². The summed E-state index contributed by atoms with van der Waals surface area (Å²) in [6.07, 6.45) is -3.81. The van der Waals surface area contributed by atoms with E-state index in [1.165, 1.54) is 0 Å². The van der Waals surface area contributed by atoms with E-state index in [-0.39, 0.29) is 41.5 Å². The third kappa shape index (κ3) is 8.20. The van der Waals surface area contributed by atoms with Crippen molar-refractivity contribution >= 4 is 41.5 Å². The number of hydrogen-bond donors (Lipinski definition) is 2. The number of pyridine rings is 1. The number of aromatic nitrogens is 1. The smallest absolute Gasteiger partial charge is 0.417 e. The maximum Gasteiger partial charge on any atom is 0.417 e. The molecule has 0 saturated carbocycles. The van der Waals surface area contributed by atoms with Gasteiger partial charge in [0, 0.05) is 26.9 Å². The average molecular weight is 483 g/mol. The van der Waals surface area contributed by atoms with Crippen molar-refractivity contribution < 1.29 is 22.6 Å². The Labute approximate surface area is 160 Å². The second-order valence-electron chi connectivity index (χ2n) is 4.28. The van der Waals surface area contributed by atoms with Crippen LogP contribution in [0.1, 0.15) is 5.56 Å². The van der Waals surface area contributed by atoms with Gasteiger partial charge in [-0.3, -0.25) is 4.99 Å². The molecule has 0 fully saturated rings. The summed E-state index contributed by atoms with van der Waals surface area (Å²) in [6, 6.07) is 0.780. The summed E-state index contributed by atoms with van der Waals surface area (Å²) < 4.78 is 47.6. The first kappa shape index (κ1) is 23.0. The van der Waals surface area contributed by atoms with Gasteiger partial charge in [-0.25, -0.2) is 4.98 Å². The highest BCUT2D eigenvalue weighted by Gasteiger charge is 2.31. The van der Waals surface area contributed by atoms with Crippen molar-refractivity contribution in [3.8, 4) is 5.88 Å². The topological polar surface area (TPSA) is 67.8 Å². The number of hydrogen-bond acceptors (Lipinski definition) is 4. The minimum absolute atomic E-state index is 0. The minimum atomic E-state index is -4.49. The van der Waals surface area contributed by atoms with Gasteiger partial charge in [0.05, 0.1) is 18.7 Å². The molecule has 138 valence electrons. The molecule has 0 unspecified atom stereocenters. The first-order valence-electron chi connectivity index (χ1n) is 6.67. The van der Waals surface area contributed by atoms with Crippen LogP contribution in [0.4, 0.5) is 13.2 Å². The first-order chi connectivity index (χ1) is 10.9. The van der Waals surface area contributed by atoms with Gasteiger partial charge in [0.25, 0.3) is 0 Å². The van der Waals surface area contributed by atoms with Gasteiger partial charge in [0.15, 0.2) is 5.96 Å². The van der Waals surface area contributed by atoms with Gasteiger partial charge in [-0.2, -0.15) is 13.2 Å². The molecule has 0 radical (unpaired) electrons. The van der Waals surface area contributed by atoms with Crippen LogP contribution in [0.2, 0.25) is 5.02 Å². The average Bonchev–Trinajstić information content (AvgIpc) is 2.50. The van der Waals surface area contributed by atoms with Gasteiger partial charge in [-0.15, -0.1) is 24.0 Å². The second-order valence-corrected chi connectivity index (χ2v) is 4.68. The molecule has 1 aromatic heterocycles. The molecule has 24 heavy (non-hydrogen) atoms. The molecule has 1 heterocycles. The Balaban J connectivity index is 0.00000529. The molecule has 11 heteroatoms. The third-order valence-electron chi connectivity index (χ3n) is 2.59. The predicted molar refractivity (Wildman–Crippen MR) is 96.4 cm³/mol. The van der Waals surface area contributed by atoms with E-state index in [9.17, 15) is 13.2 Å². The van der Waals surface area contributed by atoms with E-state index in [1.54, 1.807) is 14.2 Å². The van der Waals surface area contributed by atoms with Crippen molar-refractivity contribution in [1.82, 2.24) is 15.6 Å². The number of halogens is 5. The Morgan fingerprint density at radius 1 is 1.29 bits per heavy atom. The summed E-state index contributed by atoms with van der Waals surface area (Å²) in [5, 5.41) is 5.77. The summed E-state index contributed by atoms with van der Waals surface area (Å²) in [5.41, 5.74) is -0.921. The maximum atomic E-state index is 12.5. The second kappa shape index (κ2) is 11.5. The molecule has 0 aliphatic rings. The van der Waals surface area contributed by atoms with E-state index in [2.05, 4.69) is 20.6 Å². The number of methoxy groups -OCH3 is 1. The lowest BCUT2D eigenvalue weighted by Gasteiger charge is -2.13. The van der Waals surface area contributed by atoms with Gasteiger partial charge >= 0.3 is 6.18 Å². The van der Waals surface area contributed by atoms with Crippen LogP contribution in [-0.2, 0) is 10.9 Å². The fourth-order valence-electron chi connectivity index (χ4n) is 1.50. The highest BCUT2D eigenvalue weighted by atomic mass is 127. The van der Waals surface area contributed by atoms with E-state index in [0.717, 1.165) is 6.07 Å². The van der Waals surface area contributed by atoms with Crippen LogP contribution >= 0.6 is 35.6 Å². The van der Waals surface area contributed by atoms with E-state index < -0.39 is 11.7 Å². The maximum absolute atomic E-state index is 12.5. The van der Waals surface area contributed by atoms with Crippen LogP contribution in [0.15, 0.2) is 17.3 Å². The molecule has 0 aliphatic carbocycles. The van der Waals surface area contributed by atoms with Crippen molar-refractivity contribution in [2.24, 2.45) is 4.99 Å². The Morgan fingerprint density at radius 2 is 1.92 bits per heavy atom. The van der Waals surface area contributed by atoms with E-state index in [4.69, 9.17) is 21.1 Å². The first-order valence-corrected chi connectivity index (χ1v) is 7.05. The number of alkyl halides is 3. The van der Waals surface area contributed by atoms with E-state index in [1.807, 2.05) is 0 Å². The summed E-state index contributed by atoms with van der Waals surface area (Å²) in [6.45, 7) is 1.64. The van der Waals surface area contributed by atoms with Crippen LogP contribution in [0, 0.1) is 0 Å². The SMILES string of the molecule is CN=C(NCCOC)NCCOc1ncc(C(F)(F)F)cc1Cl.I. The van der Waals surface area contributed by atoms with Gasteiger partial charge < -0.3 is 20.1 Å². The molecule has 0 spiro atoms. The quantitative estimate of drug-likeness (QED) is 0.271. The fraction of sp³-hybridized carbons (Fsp3) is 0.538. The lowest BCUT2D eigenvalue weighted by atomic mass is 10.3. The fourth-order valence-corrected chi connectivity index (χ4v) is 1.72. The van der Waals surface area contributed by atoms with Crippen LogP contribution in [0.5, 0.6) is 5.88 Å². The number of ether oxygens (including phenoxy) is 2. The largest absolute Gasteiger partial charge is 0.475 e. The van der Waals surface area contributed by atoms with Gasteiger partial charge in [0.2, 0.25) is 5.88 Å². The number of nitrogens with zero attached hydrogens (tertiary/aromatic N) is 2. The molecule has 1 rings (SSSR count). The van der Waals surface area contributed by atoms with Crippen molar-refractivity contribution in [2.45, 2.75) is 6.18 Å². The number of aliphatic imine (C=N–C) groups is 1. The van der Waals surface area contributed by atoms with E-state index in [0.29, 0.717) is 31.9 Å². The van der Waals surface area contributed by atoms with Gasteiger partial charge in [-0.1, -0.05) is 11.6 Å². The monoisotopic (exact) mass is 482 g/mol. The lowest BCUT2D eigenvalue weighted by Crippen LogP contribution is -2.40. The van der Waals surface area contributed by atoms with Crippen LogP contribution < -0.4 is 15.4 Å². The van der Waals surface area contributed by atoms with Crippen molar-refractivity contribution in [3.05, 3.63) is 22.8 Å². The van der Waals surface area contributed by atoms with Gasteiger partial charge in [0.1, 0.15) is 11.6 Å². The van der Waals surface area contributed by atoms with Crippen molar-refractivity contribution in [1.29, 1.82) is 0 Å². The normalized spacial score (nSPS) is 11.7. The molecule has 0 aliphatic heterocycles. The van der Waals surface area contributed by atoms with Crippen LogP contribution in [0.25, 0.3) is 0 Å². The van der Waals surface area contributed by atoms with Crippen molar-refractivity contribution in [3.63, 3.8) is 0 Å². The summed E-state index contributed by atoms with van der Waals surface area (Å²) in [5.74, 6) is 0.501. The lowest BCUT2D eigenvalue weighted by molar-refractivity contribution is -0.137. The molecule has 2 N–H and O–H groups in total. The summed E-state index contributed by atoms with van der Waals surface area (Å²) in [4.78, 5) is 7.56. The summed E-state index contributed by atoms with van der Waals surface area (Å²) >= 11 is 5.73. The van der Waals surface area contributed by atoms with Crippen LogP contribution in [-0.4, -0.2) is 51.4 Å². The molecule has 6 nitrogen and oxygen atoms in total. The third-order valence-corrected chi connectivity index (χ3v) is 2.86. The Bertz CT molecular complexity index is 532. The standard InChI is InChI=1S/C13H18ClF3N4O2.HI/c1-18-12(19-3-5-22-2)20-4-6-23-11-10(14)7-9(8-21-11)13(15,16)17;/h7-8H,3-6H2,1-2H3,(H2,18,19,20);1H.